The van der Waals surface area contributed by atoms with Gasteiger partial charge < -0.3 is 5.73 Å². The first-order valence-electron chi connectivity index (χ1n) is 3.80. The van der Waals surface area contributed by atoms with Gasteiger partial charge in [0.25, 0.3) is 0 Å². The van der Waals surface area contributed by atoms with Gasteiger partial charge in [-0.3, -0.25) is 10.3 Å². The Morgan fingerprint density at radius 3 is 3.00 bits per heavy atom. The van der Waals surface area contributed by atoms with Crippen molar-refractivity contribution in [2.24, 2.45) is 0 Å². The second-order valence-electron chi connectivity index (χ2n) is 2.77. The monoisotopic (exact) mass is 162 g/mol. The number of anilines is 2. The van der Waals surface area contributed by atoms with Gasteiger partial charge in [0.15, 0.2) is 0 Å². The largest absolute Gasteiger partial charge is 0.397 e. The lowest BCUT2D eigenvalue weighted by Gasteiger charge is -2.22. The molecule has 1 aromatic carbocycles. The second-order valence-corrected chi connectivity index (χ2v) is 2.77. The van der Waals surface area contributed by atoms with Gasteiger partial charge in [0.2, 0.25) is 0 Å². The smallest absolute Gasteiger partial charge is 0.0939 e. The molecule has 0 aliphatic carbocycles. The minimum Gasteiger partial charge on any atom is -0.397 e. The number of nitrogens with two attached hydrogens (primary N) is 1. The van der Waals surface area contributed by atoms with Gasteiger partial charge in [0, 0.05) is 5.56 Å². The van der Waals surface area contributed by atoms with E-state index in [4.69, 9.17) is 5.73 Å². The van der Waals surface area contributed by atoms with Gasteiger partial charge in [-0.05, 0) is 6.07 Å². The first-order valence-corrected chi connectivity index (χ1v) is 3.80. The molecule has 3 nitrogen and oxygen atoms in total. The summed E-state index contributed by atoms with van der Waals surface area (Å²) in [6, 6.07) is 5.57. The third-order valence-electron chi connectivity index (χ3n) is 1.93. The van der Waals surface area contributed by atoms with Crippen molar-refractivity contribution >= 4 is 17.5 Å². The van der Waals surface area contributed by atoms with Crippen LogP contribution in [0.4, 0.5) is 11.4 Å². The number of benzene rings is 1. The molecule has 3 heteroatoms. The van der Waals surface area contributed by atoms with Gasteiger partial charge in [-0.1, -0.05) is 24.3 Å². The Labute approximate surface area is 70.7 Å². The molecule has 3 N–H and O–H groups in total. The van der Waals surface area contributed by atoms with Crippen molar-refractivity contribution in [3.63, 3.8) is 0 Å². The Bertz CT molecular complexity index is 333. The lowest BCUT2D eigenvalue weighted by atomic mass is 10.1. The van der Waals surface area contributed by atoms with E-state index in [9.17, 15) is 5.21 Å². The molecule has 0 atom stereocenters. The zero-order chi connectivity index (χ0) is 8.55. The van der Waals surface area contributed by atoms with E-state index in [0.29, 0.717) is 17.9 Å². The van der Waals surface area contributed by atoms with Crippen LogP contribution in [0.3, 0.4) is 0 Å². The molecule has 0 spiro atoms. The summed E-state index contributed by atoms with van der Waals surface area (Å²) in [5, 5.41) is 10.6. The van der Waals surface area contributed by atoms with Crippen molar-refractivity contribution in [2.45, 2.75) is 0 Å². The molecule has 0 aromatic heterocycles. The van der Waals surface area contributed by atoms with Crippen molar-refractivity contribution in [3.8, 4) is 0 Å². The van der Waals surface area contributed by atoms with E-state index in [1.165, 1.54) is 0 Å². The molecule has 0 saturated heterocycles. The van der Waals surface area contributed by atoms with Crippen LogP contribution >= 0.6 is 0 Å². The maximum Gasteiger partial charge on any atom is 0.0939 e. The molecule has 2 rings (SSSR count). The fourth-order valence-corrected chi connectivity index (χ4v) is 1.38. The number of rotatable bonds is 0. The van der Waals surface area contributed by atoms with Gasteiger partial charge in [0.05, 0.1) is 17.9 Å². The van der Waals surface area contributed by atoms with E-state index in [1.54, 1.807) is 6.07 Å². The molecule has 0 unspecified atom stereocenters. The van der Waals surface area contributed by atoms with Crippen LogP contribution in [0.25, 0.3) is 6.08 Å². The lowest BCUT2D eigenvalue weighted by Crippen LogP contribution is -2.22. The maximum atomic E-state index is 9.44. The molecule has 1 aromatic rings. The minimum atomic E-state index is 0.501. The number of hydrogen-bond donors (Lipinski definition) is 2. The number of nitrogens with zero attached hydrogens (tertiary/aromatic N) is 1. The molecular formula is C9H10N2O. The van der Waals surface area contributed by atoms with Gasteiger partial charge in [0.1, 0.15) is 0 Å². The van der Waals surface area contributed by atoms with Gasteiger partial charge >= 0.3 is 0 Å². The van der Waals surface area contributed by atoms with Gasteiger partial charge in [-0.25, -0.2) is 0 Å². The van der Waals surface area contributed by atoms with Crippen LogP contribution in [0.15, 0.2) is 24.3 Å². The van der Waals surface area contributed by atoms with Crippen molar-refractivity contribution in [1.29, 1.82) is 0 Å². The van der Waals surface area contributed by atoms with E-state index in [1.807, 2.05) is 24.3 Å². The fourth-order valence-electron chi connectivity index (χ4n) is 1.38. The quantitative estimate of drug-likeness (QED) is 0.568. The van der Waals surface area contributed by atoms with Crippen LogP contribution in [0.5, 0.6) is 0 Å². The number of para-hydroxylation sites is 1. The third kappa shape index (κ3) is 0.950. The first-order chi connectivity index (χ1) is 5.79. The Morgan fingerprint density at radius 2 is 2.25 bits per heavy atom. The highest BCUT2D eigenvalue weighted by Gasteiger charge is 2.12. The first kappa shape index (κ1) is 7.18. The topological polar surface area (TPSA) is 49.5 Å². The van der Waals surface area contributed by atoms with Crippen LogP contribution in [0.1, 0.15) is 5.56 Å². The fraction of sp³-hybridized carbons (Fsp3) is 0.111. The minimum absolute atomic E-state index is 0.501. The Kier molecular flexibility index (Phi) is 1.52. The SMILES string of the molecule is Nc1cccc2c1N(O)CC=C2. The molecule has 1 heterocycles. The van der Waals surface area contributed by atoms with Crippen molar-refractivity contribution in [2.75, 3.05) is 17.3 Å². The molecule has 62 valence electrons. The average Bonchev–Trinajstić information content (AvgIpc) is 2.04. The second kappa shape index (κ2) is 2.53. The van der Waals surface area contributed by atoms with Crippen LogP contribution in [-0.2, 0) is 0 Å². The summed E-state index contributed by atoms with van der Waals surface area (Å²) in [7, 11) is 0. The summed E-state index contributed by atoms with van der Waals surface area (Å²) in [6.45, 7) is 0.501. The lowest BCUT2D eigenvalue weighted by molar-refractivity contribution is 0.265. The molecule has 1 aliphatic rings. The van der Waals surface area contributed by atoms with Crippen molar-refractivity contribution in [3.05, 3.63) is 29.8 Å². The van der Waals surface area contributed by atoms with E-state index in [0.717, 1.165) is 10.6 Å². The standard InChI is InChI=1S/C9H10N2O/c10-8-5-1-3-7-4-2-6-11(12)9(7)8/h1-5,12H,6,10H2. The highest BCUT2D eigenvalue weighted by molar-refractivity contribution is 5.80. The highest BCUT2D eigenvalue weighted by Crippen LogP contribution is 2.30. The van der Waals surface area contributed by atoms with Gasteiger partial charge in [-0.15, -0.1) is 0 Å². The van der Waals surface area contributed by atoms with Crippen molar-refractivity contribution < 1.29 is 5.21 Å². The van der Waals surface area contributed by atoms with Crippen LogP contribution in [0, 0.1) is 0 Å². The normalized spacial score (nSPS) is 14.6. The summed E-state index contributed by atoms with van der Waals surface area (Å²) >= 11 is 0. The summed E-state index contributed by atoms with van der Waals surface area (Å²) in [5.74, 6) is 0. The molecule has 0 amide bonds. The summed E-state index contributed by atoms with van der Waals surface area (Å²) in [5.41, 5.74) is 7.98. The molecule has 1 aliphatic heterocycles. The molecular weight excluding hydrogens is 152 g/mol. The number of fused-ring (bicyclic) bond motifs is 1. The predicted octanol–water partition coefficient (Wildman–Crippen LogP) is 1.49. The highest BCUT2D eigenvalue weighted by atomic mass is 16.5. The zero-order valence-electron chi connectivity index (χ0n) is 6.57. The van der Waals surface area contributed by atoms with E-state index in [-0.39, 0.29) is 0 Å². The van der Waals surface area contributed by atoms with E-state index < -0.39 is 0 Å². The van der Waals surface area contributed by atoms with Gasteiger partial charge in [-0.2, -0.15) is 0 Å². The Balaban J connectivity index is 2.62. The zero-order valence-corrected chi connectivity index (χ0v) is 6.57. The molecule has 0 bridgehead atoms. The molecule has 12 heavy (non-hydrogen) atoms. The number of nitrogen functional groups attached to an aromatic ring is 1. The molecule has 0 fully saturated rings. The molecule has 0 radical (unpaired) electrons. The Morgan fingerprint density at radius 1 is 1.42 bits per heavy atom. The maximum absolute atomic E-state index is 9.44. The average molecular weight is 162 g/mol. The van der Waals surface area contributed by atoms with Crippen molar-refractivity contribution in [1.82, 2.24) is 0 Å². The van der Waals surface area contributed by atoms with E-state index >= 15 is 0 Å². The molecule has 0 saturated carbocycles. The predicted molar refractivity (Wildman–Crippen MR) is 49.0 cm³/mol. The van der Waals surface area contributed by atoms with Crippen LogP contribution in [-0.4, -0.2) is 11.8 Å². The van der Waals surface area contributed by atoms with E-state index in [2.05, 4.69) is 0 Å². The Hall–Kier alpha value is -1.48. The van der Waals surface area contributed by atoms with Crippen LogP contribution < -0.4 is 10.8 Å². The summed E-state index contributed by atoms with van der Waals surface area (Å²) in [6.07, 6.45) is 3.85. The third-order valence-corrected chi connectivity index (χ3v) is 1.93. The summed E-state index contributed by atoms with van der Waals surface area (Å²) in [4.78, 5) is 0. The summed E-state index contributed by atoms with van der Waals surface area (Å²) < 4.78 is 0. The number of hydroxylamine groups is 1. The van der Waals surface area contributed by atoms with Crippen LogP contribution in [0.2, 0.25) is 0 Å². The number of hydrogen-bond acceptors (Lipinski definition) is 3.